The summed E-state index contributed by atoms with van der Waals surface area (Å²) < 4.78 is 5.50. The van der Waals surface area contributed by atoms with Gasteiger partial charge in [-0.05, 0) is 6.92 Å². The van der Waals surface area contributed by atoms with Crippen molar-refractivity contribution in [2.24, 2.45) is 0 Å². The van der Waals surface area contributed by atoms with E-state index in [1.54, 1.807) is 6.07 Å². The van der Waals surface area contributed by atoms with E-state index in [1.165, 1.54) is 29.4 Å². The monoisotopic (exact) mass is 255 g/mol. The van der Waals surface area contributed by atoms with E-state index < -0.39 is 0 Å². The molecule has 0 fully saturated rings. The third-order valence-electron chi connectivity index (χ3n) is 1.63. The number of hydrogen-bond donors (Lipinski definition) is 1. The molecule has 0 aromatic carbocycles. The highest BCUT2D eigenvalue weighted by atomic mass is 32.2. The second-order valence-corrected chi connectivity index (χ2v) is 5.06. The molecule has 0 aliphatic heterocycles. The van der Waals surface area contributed by atoms with E-state index in [0.29, 0.717) is 11.6 Å². The average Bonchev–Trinajstić information content (AvgIpc) is 2.87. The first-order chi connectivity index (χ1) is 7.74. The third kappa shape index (κ3) is 3.07. The van der Waals surface area contributed by atoms with Crippen molar-refractivity contribution in [2.45, 2.75) is 11.3 Å². The van der Waals surface area contributed by atoms with Crippen LogP contribution in [0, 0.1) is 6.92 Å². The number of nitrogens with one attached hydrogen (secondary N) is 1. The van der Waals surface area contributed by atoms with E-state index in [-0.39, 0.29) is 5.91 Å². The number of rotatable bonds is 4. The fourth-order valence-corrected chi connectivity index (χ4v) is 2.63. The normalized spacial score (nSPS) is 10.3. The van der Waals surface area contributed by atoms with Crippen molar-refractivity contribution >= 4 is 34.8 Å². The van der Waals surface area contributed by atoms with Gasteiger partial charge in [0.05, 0.1) is 5.75 Å². The Morgan fingerprint density at radius 2 is 2.56 bits per heavy atom. The second kappa shape index (κ2) is 5.13. The molecule has 7 heteroatoms. The first-order valence-corrected chi connectivity index (χ1v) is 6.36. The fraction of sp³-hybridized carbons (Fsp3) is 0.222. The molecule has 0 atom stereocenters. The lowest BCUT2D eigenvalue weighted by molar-refractivity contribution is -0.113. The van der Waals surface area contributed by atoms with Crippen LogP contribution in [0.2, 0.25) is 0 Å². The molecular formula is C9H9N3O2S2. The molecule has 0 aliphatic rings. The van der Waals surface area contributed by atoms with Gasteiger partial charge in [0.25, 0.3) is 0 Å². The average molecular weight is 255 g/mol. The third-order valence-corrected chi connectivity index (χ3v) is 3.77. The predicted molar refractivity (Wildman–Crippen MR) is 62.7 cm³/mol. The molecule has 2 aromatic heterocycles. The van der Waals surface area contributed by atoms with E-state index in [1.807, 2.05) is 12.3 Å². The van der Waals surface area contributed by atoms with Gasteiger partial charge in [0, 0.05) is 17.1 Å². The van der Waals surface area contributed by atoms with E-state index >= 15 is 0 Å². The molecule has 0 saturated heterocycles. The summed E-state index contributed by atoms with van der Waals surface area (Å²) in [7, 11) is 0. The van der Waals surface area contributed by atoms with Gasteiger partial charge in [-0.15, -0.1) is 11.3 Å². The van der Waals surface area contributed by atoms with Crippen molar-refractivity contribution in [3.05, 3.63) is 23.4 Å². The number of amides is 1. The largest absolute Gasteiger partial charge is 0.363 e. The van der Waals surface area contributed by atoms with Crippen LogP contribution in [-0.2, 0) is 4.79 Å². The van der Waals surface area contributed by atoms with Crippen LogP contribution in [0.4, 0.5) is 5.82 Å². The Bertz CT molecular complexity index is 467. The molecule has 0 unspecified atom stereocenters. The van der Waals surface area contributed by atoms with Crippen LogP contribution in [-0.4, -0.2) is 21.8 Å². The van der Waals surface area contributed by atoms with Crippen molar-refractivity contribution in [3.8, 4) is 0 Å². The number of aromatic nitrogens is 2. The second-order valence-electron chi connectivity index (χ2n) is 2.98. The molecule has 0 bridgehead atoms. The lowest BCUT2D eigenvalue weighted by Gasteiger charge is -1.98. The number of aryl methyl sites for hydroxylation is 1. The Kier molecular flexibility index (Phi) is 3.58. The van der Waals surface area contributed by atoms with Crippen LogP contribution in [0.15, 0.2) is 26.6 Å². The SMILES string of the molecule is Cc1csc(SCC(=O)Nc2ccon2)n1. The Labute approximate surface area is 100 Å². The van der Waals surface area contributed by atoms with E-state index in [9.17, 15) is 4.79 Å². The van der Waals surface area contributed by atoms with Crippen molar-refractivity contribution in [3.63, 3.8) is 0 Å². The van der Waals surface area contributed by atoms with Crippen LogP contribution >= 0.6 is 23.1 Å². The lowest BCUT2D eigenvalue weighted by Crippen LogP contribution is -2.14. The Morgan fingerprint density at radius 1 is 1.69 bits per heavy atom. The number of thiazole rings is 1. The smallest absolute Gasteiger partial charge is 0.236 e. The van der Waals surface area contributed by atoms with Gasteiger partial charge < -0.3 is 9.84 Å². The summed E-state index contributed by atoms with van der Waals surface area (Å²) in [6.07, 6.45) is 1.41. The molecule has 5 nitrogen and oxygen atoms in total. The summed E-state index contributed by atoms with van der Waals surface area (Å²) in [5.41, 5.74) is 0.976. The number of carbonyl (C=O) groups excluding carboxylic acids is 1. The van der Waals surface area contributed by atoms with Gasteiger partial charge in [0.1, 0.15) is 6.26 Å². The molecule has 0 saturated carbocycles. The molecule has 2 aromatic rings. The fourth-order valence-electron chi connectivity index (χ4n) is 0.982. The molecule has 0 aliphatic carbocycles. The van der Waals surface area contributed by atoms with Crippen LogP contribution in [0.5, 0.6) is 0 Å². The minimum Gasteiger partial charge on any atom is -0.363 e. The zero-order valence-corrected chi connectivity index (χ0v) is 10.1. The van der Waals surface area contributed by atoms with Crippen LogP contribution in [0.3, 0.4) is 0 Å². The summed E-state index contributed by atoms with van der Waals surface area (Å²) in [5.74, 6) is 0.632. The molecule has 1 N–H and O–H groups in total. The van der Waals surface area contributed by atoms with Crippen LogP contribution < -0.4 is 5.32 Å². The van der Waals surface area contributed by atoms with Crippen LogP contribution in [0.1, 0.15) is 5.69 Å². The number of anilines is 1. The van der Waals surface area contributed by atoms with Gasteiger partial charge in [0.15, 0.2) is 10.2 Å². The van der Waals surface area contributed by atoms with Crippen molar-refractivity contribution < 1.29 is 9.32 Å². The van der Waals surface area contributed by atoms with Crippen molar-refractivity contribution in [1.29, 1.82) is 0 Å². The minimum absolute atomic E-state index is 0.119. The number of thioether (sulfide) groups is 1. The first kappa shape index (κ1) is 11.2. The zero-order chi connectivity index (χ0) is 11.4. The van der Waals surface area contributed by atoms with Gasteiger partial charge >= 0.3 is 0 Å². The van der Waals surface area contributed by atoms with Gasteiger partial charge in [-0.3, -0.25) is 4.79 Å². The molecule has 16 heavy (non-hydrogen) atoms. The molecule has 84 valence electrons. The Morgan fingerprint density at radius 3 is 3.19 bits per heavy atom. The van der Waals surface area contributed by atoms with E-state index in [0.717, 1.165) is 10.0 Å². The van der Waals surface area contributed by atoms with Gasteiger partial charge in [0.2, 0.25) is 5.91 Å². The van der Waals surface area contributed by atoms with Gasteiger partial charge in [-0.2, -0.15) is 0 Å². The van der Waals surface area contributed by atoms with E-state index in [4.69, 9.17) is 0 Å². The summed E-state index contributed by atoms with van der Waals surface area (Å²) in [4.78, 5) is 15.7. The summed E-state index contributed by atoms with van der Waals surface area (Å²) >= 11 is 2.95. The lowest BCUT2D eigenvalue weighted by atomic mass is 10.6. The molecule has 1 amide bonds. The van der Waals surface area contributed by atoms with E-state index in [2.05, 4.69) is 20.0 Å². The highest BCUT2D eigenvalue weighted by Gasteiger charge is 2.07. The van der Waals surface area contributed by atoms with Crippen LogP contribution in [0.25, 0.3) is 0 Å². The Hall–Kier alpha value is -1.34. The summed E-state index contributed by atoms with van der Waals surface area (Å²) in [5, 5.41) is 8.15. The van der Waals surface area contributed by atoms with Crippen molar-refractivity contribution in [1.82, 2.24) is 10.1 Å². The number of nitrogens with zero attached hydrogens (tertiary/aromatic N) is 2. The molecule has 0 spiro atoms. The zero-order valence-electron chi connectivity index (χ0n) is 8.47. The predicted octanol–water partition coefficient (Wildman–Crippen LogP) is 2.17. The molecule has 2 rings (SSSR count). The van der Waals surface area contributed by atoms with Gasteiger partial charge in [-0.25, -0.2) is 4.98 Å². The minimum atomic E-state index is -0.119. The Balaban J connectivity index is 1.80. The van der Waals surface area contributed by atoms with Gasteiger partial charge in [-0.1, -0.05) is 16.9 Å². The maximum Gasteiger partial charge on any atom is 0.236 e. The molecular weight excluding hydrogens is 246 g/mol. The molecule has 2 heterocycles. The summed E-state index contributed by atoms with van der Waals surface area (Å²) in [6.45, 7) is 1.93. The standard InChI is InChI=1S/C9H9N3O2S2/c1-6-4-15-9(10-6)16-5-8(13)11-7-2-3-14-12-7/h2-4H,5H2,1H3,(H,11,12,13). The first-order valence-electron chi connectivity index (χ1n) is 4.49. The highest BCUT2D eigenvalue weighted by molar-refractivity contribution is 8.01. The number of hydrogen-bond acceptors (Lipinski definition) is 6. The van der Waals surface area contributed by atoms with Crippen molar-refractivity contribution in [2.75, 3.05) is 11.1 Å². The quantitative estimate of drug-likeness (QED) is 0.848. The maximum atomic E-state index is 11.5. The summed E-state index contributed by atoms with van der Waals surface area (Å²) in [6, 6.07) is 1.59. The maximum absolute atomic E-state index is 11.5. The topological polar surface area (TPSA) is 68.0 Å². The highest BCUT2D eigenvalue weighted by Crippen LogP contribution is 2.22. The molecule has 0 radical (unpaired) electrons. The number of carbonyl (C=O) groups is 1.